The van der Waals surface area contributed by atoms with Crippen LogP contribution in [0.25, 0.3) is 0 Å². The smallest absolute Gasteiger partial charge is 0.242 e. The molecule has 20 heavy (non-hydrogen) atoms. The van der Waals surface area contributed by atoms with Crippen LogP contribution in [0.1, 0.15) is 11.1 Å². The molecule has 0 unspecified atom stereocenters. The summed E-state index contributed by atoms with van der Waals surface area (Å²) in [6.07, 6.45) is 0.360. The van der Waals surface area contributed by atoms with Gasteiger partial charge in [-0.05, 0) is 35.6 Å². The number of nitrogens with two attached hydrogens (primary N) is 1. The topological polar surface area (TPSA) is 99.1 Å². The number of nitrogens with one attached hydrogen (secondary N) is 1. The molecule has 0 radical (unpaired) electrons. The Labute approximate surface area is 120 Å². The highest BCUT2D eigenvalue weighted by atomic mass is 32.1. The third-order valence-corrected chi connectivity index (χ3v) is 3.58. The molecule has 0 fully saturated rings. The number of nitrogens with zero attached hydrogens (tertiary/aromatic N) is 1. The second-order valence-corrected chi connectivity index (χ2v) is 5.16. The van der Waals surface area contributed by atoms with E-state index in [2.05, 4.69) is 5.32 Å². The van der Waals surface area contributed by atoms with Gasteiger partial charge in [0.05, 0.1) is 11.6 Å². The van der Waals surface area contributed by atoms with Gasteiger partial charge in [0.2, 0.25) is 5.91 Å². The predicted molar refractivity (Wildman–Crippen MR) is 77.4 cm³/mol. The van der Waals surface area contributed by atoms with Crippen LogP contribution >= 0.6 is 11.3 Å². The van der Waals surface area contributed by atoms with Crippen molar-refractivity contribution in [2.24, 2.45) is 5.73 Å². The summed E-state index contributed by atoms with van der Waals surface area (Å²) < 4.78 is 0. The Morgan fingerprint density at radius 1 is 1.40 bits per heavy atom. The van der Waals surface area contributed by atoms with E-state index in [9.17, 15) is 9.90 Å². The molecule has 0 saturated heterocycles. The van der Waals surface area contributed by atoms with Gasteiger partial charge in [-0.2, -0.15) is 5.26 Å². The lowest BCUT2D eigenvalue weighted by Gasteiger charge is -2.11. The molecule has 102 valence electrons. The maximum absolute atomic E-state index is 12.0. The molecule has 0 spiro atoms. The molecular weight excluding hydrogens is 274 g/mol. The summed E-state index contributed by atoms with van der Waals surface area (Å²) in [4.78, 5) is 12.0. The molecule has 0 bridgehead atoms. The number of aromatic hydroxyl groups is 1. The van der Waals surface area contributed by atoms with Crippen LogP contribution in [0, 0.1) is 11.3 Å². The van der Waals surface area contributed by atoms with Crippen LogP contribution in [0.2, 0.25) is 0 Å². The number of thiophene rings is 1. The van der Waals surface area contributed by atoms with Gasteiger partial charge in [0.25, 0.3) is 0 Å². The Kier molecular flexibility index (Phi) is 4.35. The zero-order valence-electron chi connectivity index (χ0n) is 10.5. The lowest BCUT2D eigenvalue weighted by Crippen LogP contribution is -2.37. The first kappa shape index (κ1) is 14.1. The second-order valence-electron chi connectivity index (χ2n) is 4.24. The van der Waals surface area contributed by atoms with Crippen molar-refractivity contribution in [1.29, 1.82) is 5.26 Å². The van der Waals surface area contributed by atoms with Crippen molar-refractivity contribution < 1.29 is 9.90 Å². The number of hydrogen-bond donors (Lipinski definition) is 3. The standard InChI is InChI=1S/C14H13N3O2S/c15-8-10-5-6-20-14(10)17-13(19)12(16)7-9-1-3-11(18)4-2-9/h1-6,12,18H,7,16H2,(H,17,19)/t12-/m0/s1. The van der Waals surface area contributed by atoms with Crippen LogP contribution in [0.3, 0.4) is 0 Å². The minimum atomic E-state index is -0.715. The first-order valence-electron chi connectivity index (χ1n) is 5.92. The van der Waals surface area contributed by atoms with Crippen LogP contribution < -0.4 is 11.1 Å². The van der Waals surface area contributed by atoms with Crippen molar-refractivity contribution in [2.45, 2.75) is 12.5 Å². The number of anilines is 1. The summed E-state index contributed by atoms with van der Waals surface area (Å²) in [5.74, 6) is -0.166. The molecule has 2 aromatic rings. The van der Waals surface area contributed by atoms with E-state index in [1.165, 1.54) is 11.3 Å². The van der Waals surface area contributed by atoms with Gasteiger partial charge in [-0.25, -0.2) is 0 Å². The highest BCUT2D eigenvalue weighted by Gasteiger charge is 2.16. The summed E-state index contributed by atoms with van der Waals surface area (Å²) in [6.45, 7) is 0. The fourth-order valence-electron chi connectivity index (χ4n) is 1.68. The quantitative estimate of drug-likeness (QED) is 0.798. The van der Waals surface area contributed by atoms with Gasteiger partial charge in [0.1, 0.15) is 16.8 Å². The number of amides is 1. The fourth-order valence-corrected chi connectivity index (χ4v) is 2.42. The van der Waals surface area contributed by atoms with E-state index in [0.29, 0.717) is 17.0 Å². The number of benzene rings is 1. The summed E-state index contributed by atoms with van der Waals surface area (Å²) in [5, 5.41) is 23.0. The first-order valence-corrected chi connectivity index (χ1v) is 6.80. The third kappa shape index (κ3) is 3.35. The molecule has 0 saturated carbocycles. The van der Waals surface area contributed by atoms with E-state index in [1.54, 1.807) is 35.7 Å². The van der Waals surface area contributed by atoms with E-state index in [0.717, 1.165) is 5.56 Å². The van der Waals surface area contributed by atoms with Crippen LogP contribution in [0.5, 0.6) is 5.75 Å². The van der Waals surface area contributed by atoms with E-state index in [4.69, 9.17) is 11.0 Å². The van der Waals surface area contributed by atoms with Crippen molar-refractivity contribution in [3.63, 3.8) is 0 Å². The minimum absolute atomic E-state index is 0.170. The number of phenols is 1. The summed E-state index contributed by atoms with van der Waals surface area (Å²) >= 11 is 1.29. The van der Waals surface area contributed by atoms with Crippen LogP contribution in [-0.2, 0) is 11.2 Å². The van der Waals surface area contributed by atoms with Crippen LogP contribution in [0.4, 0.5) is 5.00 Å². The summed E-state index contributed by atoms with van der Waals surface area (Å²) in [7, 11) is 0. The maximum Gasteiger partial charge on any atom is 0.242 e. The molecule has 1 aromatic carbocycles. The van der Waals surface area contributed by atoms with Gasteiger partial charge in [0.15, 0.2) is 0 Å². The first-order chi connectivity index (χ1) is 9.60. The highest BCUT2D eigenvalue weighted by Crippen LogP contribution is 2.22. The molecule has 1 amide bonds. The van der Waals surface area contributed by atoms with E-state index >= 15 is 0 Å². The monoisotopic (exact) mass is 287 g/mol. The van der Waals surface area contributed by atoms with Gasteiger partial charge in [0, 0.05) is 0 Å². The molecule has 1 heterocycles. The lowest BCUT2D eigenvalue weighted by atomic mass is 10.1. The molecule has 1 aromatic heterocycles. The zero-order chi connectivity index (χ0) is 14.5. The van der Waals surface area contributed by atoms with Crippen molar-refractivity contribution in [3.05, 3.63) is 46.8 Å². The van der Waals surface area contributed by atoms with Gasteiger partial charge in [-0.1, -0.05) is 12.1 Å². The van der Waals surface area contributed by atoms with Gasteiger partial charge in [-0.3, -0.25) is 4.79 Å². The van der Waals surface area contributed by atoms with Crippen LogP contribution in [-0.4, -0.2) is 17.1 Å². The summed E-state index contributed by atoms with van der Waals surface area (Å²) in [5.41, 5.74) is 7.13. The minimum Gasteiger partial charge on any atom is -0.508 e. The van der Waals surface area contributed by atoms with E-state index < -0.39 is 6.04 Å². The lowest BCUT2D eigenvalue weighted by molar-refractivity contribution is -0.117. The Hall–Kier alpha value is -2.36. The van der Waals surface area contributed by atoms with Gasteiger partial charge in [-0.15, -0.1) is 11.3 Å². The Balaban J connectivity index is 1.99. The average molecular weight is 287 g/mol. The number of rotatable bonds is 4. The average Bonchev–Trinajstić information content (AvgIpc) is 2.88. The van der Waals surface area contributed by atoms with Gasteiger partial charge < -0.3 is 16.2 Å². The SMILES string of the molecule is N#Cc1ccsc1NC(=O)[C@@H](N)Cc1ccc(O)cc1. The van der Waals surface area contributed by atoms with Crippen LogP contribution in [0.15, 0.2) is 35.7 Å². The second kappa shape index (κ2) is 6.19. The molecule has 0 aliphatic rings. The number of carbonyl (C=O) groups is 1. The molecule has 4 N–H and O–H groups in total. The highest BCUT2D eigenvalue weighted by molar-refractivity contribution is 7.14. The zero-order valence-corrected chi connectivity index (χ0v) is 11.4. The molecule has 6 heteroatoms. The van der Waals surface area contributed by atoms with Gasteiger partial charge >= 0.3 is 0 Å². The molecule has 0 aliphatic carbocycles. The number of hydrogen-bond acceptors (Lipinski definition) is 5. The van der Waals surface area contributed by atoms with Crippen molar-refractivity contribution >= 4 is 22.2 Å². The summed E-state index contributed by atoms with van der Waals surface area (Å²) in [6, 6.07) is 9.46. The maximum atomic E-state index is 12.0. The number of phenolic OH excluding ortho intramolecular Hbond substituents is 1. The fraction of sp³-hybridized carbons (Fsp3) is 0.143. The molecule has 1 atom stereocenters. The molecule has 2 rings (SSSR count). The van der Waals surface area contributed by atoms with Crippen molar-refractivity contribution in [1.82, 2.24) is 0 Å². The third-order valence-electron chi connectivity index (χ3n) is 2.75. The number of nitriles is 1. The van der Waals surface area contributed by atoms with Crippen molar-refractivity contribution in [2.75, 3.05) is 5.32 Å². The normalized spacial score (nSPS) is 11.6. The Bertz CT molecular complexity index is 643. The van der Waals surface area contributed by atoms with E-state index in [-0.39, 0.29) is 11.7 Å². The predicted octanol–water partition coefficient (Wildman–Crippen LogP) is 1.83. The number of carbonyl (C=O) groups excluding carboxylic acids is 1. The molecular formula is C14H13N3O2S. The van der Waals surface area contributed by atoms with Crippen molar-refractivity contribution in [3.8, 4) is 11.8 Å². The Morgan fingerprint density at radius 3 is 2.75 bits per heavy atom. The van der Waals surface area contributed by atoms with E-state index in [1.807, 2.05) is 6.07 Å². The molecule has 0 aliphatic heterocycles. The molecule has 5 nitrogen and oxygen atoms in total. The Morgan fingerprint density at radius 2 is 2.10 bits per heavy atom. The largest absolute Gasteiger partial charge is 0.508 e.